The lowest BCUT2D eigenvalue weighted by Gasteiger charge is -2.09. The number of benzene rings is 2. The molecule has 0 unspecified atom stereocenters. The molecule has 2 heterocycles. The van der Waals surface area contributed by atoms with E-state index < -0.39 is 0 Å². The molecule has 1 amide bonds. The van der Waals surface area contributed by atoms with Gasteiger partial charge in [0.25, 0.3) is 5.91 Å². The summed E-state index contributed by atoms with van der Waals surface area (Å²) in [6.07, 6.45) is 3.37. The van der Waals surface area contributed by atoms with Gasteiger partial charge < -0.3 is 9.73 Å². The number of oxazole rings is 1. The van der Waals surface area contributed by atoms with Crippen LogP contribution < -0.4 is 10.6 Å². The molecule has 0 aliphatic rings. The summed E-state index contributed by atoms with van der Waals surface area (Å²) in [5.74, 6) is 0.258. The van der Waals surface area contributed by atoms with Gasteiger partial charge in [0.05, 0.1) is 0 Å². The first-order valence-corrected chi connectivity index (χ1v) is 8.99. The number of carbonyl (C=O) groups is 1. The quantitative estimate of drug-likeness (QED) is 0.509. The Kier molecular flexibility index (Phi) is 4.82. The zero-order valence-corrected chi connectivity index (χ0v) is 15.8. The number of hydrogen-bond donors (Lipinski definition) is 2. The Balaban J connectivity index is 1.48. The second-order valence-corrected chi connectivity index (χ2v) is 6.62. The third-order valence-electron chi connectivity index (χ3n) is 4.08. The van der Waals surface area contributed by atoms with Gasteiger partial charge in [-0.25, -0.2) is 4.98 Å². The Hall–Kier alpha value is -3.58. The number of hydrogen-bond acceptors (Lipinski definition) is 5. The van der Waals surface area contributed by atoms with E-state index in [4.69, 9.17) is 16.6 Å². The SMILES string of the molecule is Cc1cccc(C(=O)NC(=S)Nc2ccc3oc(-c4ccncc4)nc3c2)c1. The summed E-state index contributed by atoms with van der Waals surface area (Å²) in [7, 11) is 0. The van der Waals surface area contributed by atoms with Gasteiger partial charge in [0.1, 0.15) is 5.52 Å². The van der Waals surface area contributed by atoms with Crippen LogP contribution in [0.5, 0.6) is 0 Å². The third kappa shape index (κ3) is 3.89. The van der Waals surface area contributed by atoms with E-state index in [9.17, 15) is 4.79 Å². The molecule has 4 aromatic rings. The van der Waals surface area contributed by atoms with Crippen LogP contribution >= 0.6 is 12.2 Å². The summed E-state index contributed by atoms with van der Waals surface area (Å²) in [5.41, 5.74) is 4.46. The highest BCUT2D eigenvalue weighted by Gasteiger charge is 2.11. The molecule has 0 bridgehead atoms. The van der Waals surface area contributed by atoms with Crippen molar-refractivity contribution in [2.45, 2.75) is 6.92 Å². The van der Waals surface area contributed by atoms with E-state index in [-0.39, 0.29) is 11.0 Å². The second-order valence-electron chi connectivity index (χ2n) is 6.22. The molecule has 0 aliphatic heterocycles. The fourth-order valence-electron chi connectivity index (χ4n) is 2.75. The van der Waals surface area contributed by atoms with E-state index in [2.05, 4.69) is 20.6 Å². The van der Waals surface area contributed by atoms with Gasteiger partial charge in [-0.1, -0.05) is 17.7 Å². The topological polar surface area (TPSA) is 80.0 Å². The summed E-state index contributed by atoms with van der Waals surface area (Å²) in [6, 6.07) is 16.4. The van der Waals surface area contributed by atoms with Crippen LogP contribution in [0.3, 0.4) is 0 Å². The minimum atomic E-state index is -0.260. The molecule has 0 saturated carbocycles. The van der Waals surface area contributed by atoms with E-state index in [1.807, 2.05) is 43.3 Å². The van der Waals surface area contributed by atoms with Gasteiger partial charge in [0, 0.05) is 29.2 Å². The number of pyridine rings is 1. The van der Waals surface area contributed by atoms with Crippen LogP contribution in [0.1, 0.15) is 15.9 Å². The lowest BCUT2D eigenvalue weighted by molar-refractivity contribution is 0.0977. The van der Waals surface area contributed by atoms with E-state index in [1.54, 1.807) is 30.6 Å². The Morgan fingerprint density at radius 2 is 1.89 bits per heavy atom. The first-order valence-electron chi connectivity index (χ1n) is 8.58. The average Bonchev–Trinajstić information content (AvgIpc) is 3.12. The van der Waals surface area contributed by atoms with Crippen LogP contribution in [0.25, 0.3) is 22.6 Å². The molecule has 6 nitrogen and oxygen atoms in total. The Morgan fingerprint density at radius 1 is 1.07 bits per heavy atom. The zero-order valence-electron chi connectivity index (χ0n) is 15.0. The highest BCUT2D eigenvalue weighted by atomic mass is 32.1. The van der Waals surface area contributed by atoms with Crippen molar-refractivity contribution in [1.82, 2.24) is 15.3 Å². The van der Waals surface area contributed by atoms with Gasteiger partial charge in [0.15, 0.2) is 10.7 Å². The van der Waals surface area contributed by atoms with Crippen LogP contribution in [0, 0.1) is 6.92 Å². The Labute approximate surface area is 166 Å². The fraction of sp³-hybridized carbons (Fsp3) is 0.0476. The van der Waals surface area contributed by atoms with E-state index in [1.165, 1.54) is 0 Å². The van der Waals surface area contributed by atoms with Crippen molar-refractivity contribution in [3.8, 4) is 11.5 Å². The van der Waals surface area contributed by atoms with Crippen LogP contribution in [-0.2, 0) is 0 Å². The molecule has 0 saturated heterocycles. The molecule has 0 fully saturated rings. The highest BCUT2D eigenvalue weighted by Crippen LogP contribution is 2.25. The first kappa shape index (κ1) is 17.8. The molecule has 2 aromatic carbocycles. The van der Waals surface area contributed by atoms with Crippen LogP contribution in [0.2, 0.25) is 0 Å². The molecular weight excluding hydrogens is 372 g/mol. The molecule has 4 rings (SSSR count). The normalized spacial score (nSPS) is 10.6. The van der Waals surface area contributed by atoms with Crippen LogP contribution in [0.4, 0.5) is 5.69 Å². The molecule has 2 N–H and O–H groups in total. The molecular formula is C21H16N4O2S. The van der Waals surface area contributed by atoms with Crippen molar-refractivity contribution in [2.24, 2.45) is 0 Å². The number of aryl methyl sites for hydroxylation is 1. The Bertz CT molecular complexity index is 1170. The average molecular weight is 388 g/mol. The van der Waals surface area contributed by atoms with Crippen LogP contribution in [0.15, 0.2) is 71.4 Å². The summed E-state index contributed by atoms with van der Waals surface area (Å²) < 4.78 is 5.78. The number of nitrogens with one attached hydrogen (secondary N) is 2. The molecule has 2 aromatic heterocycles. The van der Waals surface area contributed by atoms with Crippen molar-refractivity contribution in [1.29, 1.82) is 0 Å². The van der Waals surface area contributed by atoms with Gasteiger partial charge in [-0.3, -0.25) is 15.1 Å². The van der Waals surface area contributed by atoms with Crippen molar-refractivity contribution >= 4 is 40.0 Å². The molecule has 7 heteroatoms. The van der Waals surface area contributed by atoms with Crippen molar-refractivity contribution < 1.29 is 9.21 Å². The minimum absolute atomic E-state index is 0.212. The van der Waals surface area contributed by atoms with E-state index in [0.29, 0.717) is 28.2 Å². The molecule has 0 aliphatic carbocycles. The summed E-state index contributed by atoms with van der Waals surface area (Å²) in [5, 5.41) is 5.90. The number of amides is 1. The summed E-state index contributed by atoms with van der Waals surface area (Å²) in [4.78, 5) is 20.8. The second kappa shape index (κ2) is 7.58. The molecule has 28 heavy (non-hydrogen) atoms. The standard InChI is InChI=1S/C21H16N4O2S/c1-13-3-2-4-15(11-13)19(26)25-21(28)23-16-5-6-18-17(12-16)24-20(27-18)14-7-9-22-10-8-14/h2-12H,1H3,(H2,23,25,26,28). The summed E-state index contributed by atoms with van der Waals surface area (Å²) >= 11 is 5.26. The zero-order chi connectivity index (χ0) is 19.5. The molecule has 0 radical (unpaired) electrons. The van der Waals surface area contributed by atoms with Gasteiger partial charge in [-0.2, -0.15) is 0 Å². The number of carbonyl (C=O) groups excluding carboxylic acids is 1. The number of thiocarbonyl (C=S) groups is 1. The molecule has 138 valence electrons. The van der Waals surface area contributed by atoms with Crippen molar-refractivity contribution in [2.75, 3.05) is 5.32 Å². The first-order chi connectivity index (χ1) is 13.6. The summed E-state index contributed by atoms with van der Waals surface area (Å²) in [6.45, 7) is 1.93. The fourth-order valence-corrected chi connectivity index (χ4v) is 2.96. The van der Waals surface area contributed by atoms with Crippen molar-refractivity contribution in [3.63, 3.8) is 0 Å². The monoisotopic (exact) mass is 388 g/mol. The van der Waals surface area contributed by atoms with E-state index in [0.717, 1.165) is 11.1 Å². The largest absolute Gasteiger partial charge is 0.436 e. The lowest BCUT2D eigenvalue weighted by atomic mass is 10.1. The molecule has 0 spiro atoms. The van der Waals surface area contributed by atoms with Crippen molar-refractivity contribution in [3.05, 3.63) is 78.1 Å². The smallest absolute Gasteiger partial charge is 0.257 e. The minimum Gasteiger partial charge on any atom is -0.436 e. The van der Waals surface area contributed by atoms with Gasteiger partial charge in [-0.05, 0) is 61.6 Å². The predicted octanol–water partition coefficient (Wildman–Crippen LogP) is 4.33. The van der Waals surface area contributed by atoms with Gasteiger partial charge >= 0.3 is 0 Å². The number of fused-ring (bicyclic) bond motifs is 1. The maximum absolute atomic E-state index is 12.3. The third-order valence-corrected chi connectivity index (χ3v) is 4.28. The maximum Gasteiger partial charge on any atom is 0.257 e. The van der Waals surface area contributed by atoms with Gasteiger partial charge in [0.2, 0.25) is 5.89 Å². The van der Waals surface area contributed by atoms with Gasteiger partial charge in [-0.15, -0.1) is 0 Å². The number of aromatic nitrogens is 2. The number of anilines is 1. The Morgan fingerprint density at radius 3 is 2.68 bits per heavy atom. The predicted molar refractivity (Wildman–Crippen MR) is 112 cm³/mol. The van der Waals surface area contributed by atoms with E-state index >= 15 is 0 Å². The number of rotatable bonds is 3. The lowest BCUT2D eigenvalue weighted by Crippen LogP contribution is -2.34. The highest BCUT2D eigenvalue weighted by molar-refractivity contribution is 7.80. The van der Waals surface area contributed by atoms with Crippen LogP contribution in [-0.4, -0.2) is 21.0 Å². The maximum atomic E-state index is 12.3. The molecule has 0 atom stereocenters. The number of nitrogens with zero attached hydrogens (tertiary/aromatic N) is 2.